The maximum atomic E-state index is 3.89. The zero-order valence-electron chi connectivity index (χ0n) is 6.62. The smallest absolute Gasteiger partial charge is 0.0490 e. The minimum atomic E-state index is 0. The lowest BCUT2D eigenvalue weighted by molar-refractivity contribution is 0.344. The second-order valence-electron chi connectivity index (χ2n) is 2.81. The fourth-order valence-corrected chi connectivity index (χ4v) is 1.20. The first-order valence-electron chi connectivity index (χ1n) is 3.64. The van der Waals surface area contributed by atoms with Gasteiger partial charge >= 0.3 is 0 Å². The van der Waals surface area contributed by atoms with E-state index in [1.807, 2.05) is 6.07 Å². The van der Waals surface area contributed by atoms with Gasteiger partial charge in [-0.05, 0) is 31.5 Å². The molecule has 70 valence electrons. The van der Waals surface area contributed by atoms with Gasteiger partial charge in [0.15, 0.2) is 0 Å². The van der Waals surface area contributed by atoms with Gasteiger partial charge in [0.2, 0.25) is 0 Å². The van der Waals surface area contributed by atoms with Gasteiger partial charge in [-0.2, -0.15) is 5.10 Å². The van der Waals surface area contributed by atoms with Crippen molar-refractivity contribution in [1.29, 1.82) is 0 Å². The molecule has 2 heterocycles. The van der Waals surface area contributed by atoms with Crippen molar-refractivity contribution in [3.8, 4) is 0 Å². The molecule has 0 bridgehead atoms. The van der Waals surface area contributed by atoms with Crippen molar-refractivity contribution in [2.45, 2.75) is 6.42 Å². The molecule has 0 spiro atoms. The molecule has 1 fully saturated rings. The Balaban J connectivity index is 0.000000605. The lowest BCUT2D eigenvalue weighted by Crippen LogP contribution is -2.43. The SMILES string of the molecule is Cl.Cl.c1cc(CC2CNC2)[nH]n1. The molecule has 0 atom stereocenters. The summed E-state index contributed by atoms with van der Waals surface area (Å²) in [7, 11) is 0. The van der Waals surface area contributed by atoms with E-state index >= 15 is 0 Å². The number of nitrogens with one attached hydrogen (secondary N) is 2. The van der Waals surface area contributed by atoms with Crippen LogP contribution in [0.5, 0.6) is 0 Å². The lowest BCUT2D eigenvalue weighted by atomic mass is 9.98. The Morgan fingerprint density at radius 1 is 1.42 bits per heavy atom. The zero-order valence-corrected chi connectivity index (χ0v) is 8.25. The summed E-state index contributed by atoms with van der Waals surface area (Å²) in [6.07, 6.45) is 2.95. The highest BCUT2D eigenvalue weighted by Crippen LogP contribution is 2.09. The predicted molar refractivity (Wildman–Crippen MR) is 53.1 cm³/mol. The molecule has 5 heteroatoms. The van der Waals surface area contributed by atoms with E-state index in [1.54, 1.807) is 6.20 Å². The first kappa shape index (κ1) is 11.8. The molecule has 0 aliphatic carbocycles. The number of nitrogens with zero attached hydrogens (tertiary/aromatic N) is 1. The Hall–Kier alpha value is -0.250. The summed E-state index contributed by atoms with van der Waals surface area (Å²) in [6.45, 7) is 2.33. The third kappa shape index (κ3) is 2.66. The Morgan fingerprint density at radius 3 is 2.58 bits per heavy atom. The van der Waals surface area contributed by atoms with E-state index in [-0.39, 0.29) is 24.8 Å². The van der Waals surface area contributed by atoms with Gasteiger partial charge in [0, 0.05) is 11.9 Å². The quantitative estimate of drug-likeness (QED) is 0.764. The minimum absolute atomic E-state index is 0. The van der Waals surface area contributed by atoms with Gasteiger partial charge in [-0.3, -0.25) is 5.10 Å². The second-order valence-corrected chi connectivity index (χ2v) is 2.81. The summed E-state index contributed by atoms with van der Waals surface area (Å²) in [6, 6.07) is 2.04. The molecule has 1 saturated heterocycles. The Kier molecular flexibility index (Phi) is 5.29. The third-order valence-electron chi connectivity index (χ3n) is 1.93. The van der Waals surface area contributed by atoms with Gasteiger partial charge in [-0.25, -0.2) is 0 Å². The maximum Gasteiger partial charge on any atom is 0.0490 e. The van der Waals surface area contributed by atoms with Gasteiger partial charge < -0.3 is 5.32 Å². The van der Waals surface area contributed by atoms with Crippen LogP contribution in [-0.2, 0) is 6.42 Å². The van der Waals surface area contributed by atoms with Gasteiger partial charge in [0.1, 0.15) is 0 Å². The van der Waals surface area contributed by atoms with Gasteiger partial charge in [0.05, 0.1) is 0 Å². The highest BCUT2D eigenvalue weighted by Gasteiger charge is 2.16. The number of aromatic nitrogens is 2. The molecule has 2 rings (SSSR count). The number of hydrogen-bond donors (Lipinski definition) is 2. The number of rotatable bonds is 2. The number of H-pyrrole nitrogens is 1. The van der Waals surface area contributed by atoms with E-state index in [9.17, 15) is 0 Å². The molecule has 0 radical (unpaired) electrons. The van der Waals surface area contributed by atoms with Crippen LogP contribution in [0.1, 0.15) is 5.69 Å². The summed E-state index contributed by atoms with van der Waals surface area (Å²) < 4.78 is 0. The monoisotopic (exact) mass is 209 g/mol. The van der Waals surface area contributed by atoms with Crippen molar-refractivity contribution in [1.82, 2.24) is 15.5 Å². The molecule has 0 unspecified atom stereocenters. The van der Waals surface area contributed by atoms with E-state index in [0.29, 0.717) is 0 Å². The molecule has 2 N–H and O–H groups in total. The molecular formula is C7H13Cl2N3. The van der Waals surface area contributed by atoms with Crippen molar-refractivity contribution in [2.75, 3.05) is 13.1 Å². The van der Waals surface area contributed by atoms with Gasteiger partial charge in [-0.1, -0.05) is 0 Å². The molecule has 12 heavy (non-hydrogen) atoms. The average Bonchev–Trinajstić information content (AvgIpc) is 2.29. The average molecular weight is 210 g/mol. The number of aromatic amines is 1. The Bertz CT molecular complexity index is 196. The van der Waals surface area contributed by atoms with Crippen LogP contribution >= 0.6 is 24.8 Å². The van der Waals surface area contributed by atoms with E-state index in [4.69, 9.17) is 0 Å². The predicted octanol–water partition coefficient (Wildman–Crippen LogP) is 1.02. The number of halogens is 2. The van der Waals surface area contributed by atoms with Crippen molar-refractivity contribution >= 4 is 24.8 Å². The summed E-state index contributed by atoms with van der Waals surface area (Å²) in [5, 5.41) is 10.1. The first-order valence-corrected chi connectivity index (χ1v) is 3.64. The van der Waals surface area contributed by atoms with Crippen LogP contribution in [0.4, 0.5) is 0 Å². The van der Waals surface area contributed by atoms with E-state index < -0.39 is 0 Å². The molecule has 1 aliphatic heterocycles. The summed E-state index contributed by atoms with van der Waals surface area (Å²) in [5.41, 5.74) is 1.26. The summed E-state index contributed by atoms with van der Waals surface area (Å²) in [4.78, 5) is 0. The molecule has 0 aromatic carbocycles. The normalized spacial score (nSPS) is 15.7. The molecular weight excluding hydrogens is 197 g/mol. The highest BCUT2D eigenvalue weighted by molar-refractivity contribution is 5.85. The fourth-order valence-electron chi connectivity index (χ4n) is 1.20. The van der Waals surface area contributed by atoms with Crippen LogP contribution < -0.4 is 5.32 Å². The van der Waals surface area contributed by atoms with Gasteiger partial charge in [-0.15, -0.1) is 24.8 Å². The molecule has 1 aromatic rings. The Morgan fingerprint density at radius 2 is 2.17 bits per heavy atom. The van der Waals surface area contributed by atoms with E-state index in [2.05, 4.69) is 15.5 Å². The molecule has 3 nitrogen and oxygen atoms in total. The van der Waals surface area contributed by atoms with Crippen molar-refractivity contribution in [2.24, 2.45) is 5.92 Å². The lowest BCUT2D eigenvalue weighted by Gasteiger charge is -2.26. The second kappa shape index (κ2) is 5.41. The summed E-state index contributed by atoms with van der Waals surface area (Å²) in [5.74, 6) is 0.834. The van der Waals surface area contributed by atoms with E-state index in [0.717, 1.165) is 12.3 Å². The van der Waals surface area contributed by atoms with Crippen molar-refractivity contribution in [3.63, 3.8) is 0 Å². The van der Waals surface area contributed by atoms with Crippen LogP contribution in [0.15, 0.2) is 12.3 Å². The van der Waals surface area contributed by atoms with Crippen LogP contribution in [0.25, 0.3) is 0 Å². The third-order valence-corrected chi connectivity index (χ3v) is 1.93. The minimum Gasteiger partial charge on any atom is -0.316 e. The molecule has 0 amide bonds. The topological polar surface area (TPSA) is 40.7 Å². The van der Waals surface area contributed by atoms with Crippen molar-refractivity contribution in [3.05, 3.63) is 18.0 Å². The largest absolute Gasteiger partial charge is 0.316 e. The maximum absolute atomic E-state index is 3.89. The first-order chi connectivity index (χ1) is 4.95. The van der Waals surface area contributed by atoms with Gasteiger partial charge in [0.25, 0.3) is 0 Å². The zero-order chi connectivity index (χ0) is 6.81. The molecule has 1 aromatic heterocycles. The van der Waals surface area contributed by atoms with Crippen LogP contribution in [-0.4, -0.2) is 23.3 Å². The molecule has 1 aliphatic rings. The van der Waals surface area contributed by atoms with Crippen LogP contribution in [0.3, 0.4) is 0 Å². The van der Waals surface area contributed by atoms with E-state index in [1.165, 1.54) is 18.8 Å². The van der Waals surface area contributed by atoms with Crippen LogP contribution in [0.2, 0.25) is 0 Å². The highest BCUT2D eigenvalue weighted by atomic mass is 35.5. The van der Waals surface area contributed by atoms with Crippen LogP contribution in [0, 0.1) is 5.92 Å². The molecule has 0 saturated carbocycles. The summed E-state index contributed by atoms with van der Waals surface area (Å²) >= 11 is 0. The van der Waals surface area contributed by atoms with Crippen molar-refractivity contribution < 1.29 is 0 Å². The number of hydrogen-bond acceptors (Lipinski definition) is 2. The standard InChI is InChI=1S/C7H11N3.2ClH/c1-2-9-10-7(1)3-6-4-8-5-6;;/h1-2,6,8H,3-5H2,(H,9,10);2*1H. The fraction of sp³-hybridized carbons (Fsp3) is 0.571. The Labute approximate surface area is 84.1 Å².